The van der Waals surface area contributed by atoms with Crippen molar-refractivity contribution in [3.8, 4) is 11.5 Å². The van der Waals surface area contributed by atoms with Crippen molar-refractivity contribution in [2.24, 2.45) is 0 Å². The number of nitrogens with one attached hydrogen (secondary N) is 1. The van der Waals surface area contributed by atoms with Gasteiger partial charge in [-0.15, -0.1) is 0 Å². The molecule has 10 heteroatoms. The van der Waals surface area contributed by atoms with Gasteiger partial charge in [-0.3, -0.25) is 14.4 Å². The van der Waals surface area contributed by atoms with E-state index in [-0.39, 0.29) is 29.5 Å². The highest BCUT2D eigenvalue weighted by atomic mass is 16.5. The molecule has 0 bridgehead atoms. The molecular formula is C20H17NO9. The van der Waals surface area contributed by atoms with Gasteiger partial charge >= 0.3 is 11.9 Å². The Morgan fingerprint density at radius 3 is 2.67 bits per heavy atom. The van der Waals surface area contributed by atoms with E-state index in [4.69, 9.17) is 24.1 Å². The van der Waals surface area contributed by atoms with Crippen LogP contribution < -0.4 is 14.8 Å². The number of aliphatic carboxylic acids is 2. The molecule has 2 heterocycles. The lowest BCUT2D eigenvalue weighted by Crippen LogP contribution is -2.43. The third-order valence-electron chi connectivity index (χ3n) is 4.11. The van der Waals surface area contributed by atoms with Gasteiger partial charge in [0.05, 0.1) is 11.8 Å². The van der Waals surface area contributed by atoms with Gasteiger partial charge in [-0.2, -0.15) is 0 Å². The molecule has 2 aromatic rings. The van der Waals surface area contributed by atoms with Gasteiger partial charge in [-0.05, 0) is 30.7 Å². The van der Waals surface area contributed by atoms with Crippen LogP contribution in [0, 0.1) is 0 Å². The molecule has 1 atom stereocenters. The smallest absolute Gasteiger partial charge is 0.326 e. The standard InChI is InChI=1S/C20H17NO9/c22-17(21-14(20(26)27)5-6-18(23)24)10-29-12-3-4-13-15(8-12)30-16(19(13)25)9-11-2-1-7-28-11/h1-4,7-9,14H,5-6,10H2,(H,21,22)(H,23,24)(H,26,27). The van der Waals surface area contributed by atoms with E-state index in [9.17, 15) is 19.2 Å². The zero-order chi connectivity index (χ0) is 21.7. The maximum absolute atomic E-state index is 12.4. The predicted molar refractivity (Wildman–Crippen MR) is 100 cm³/mol. The Balaban J connectivity index is 1.59. The van der Waals surface area contributed by atoms with Crippen LogP contribution in [0.5, 0.6) is 11.5 Å². The number of carbonyl (C=O) groups is 4. The Morgan fingerprint density at radius 1 is 1.20 bits per heavy atom. The molecule has 0 fully saturated rings. The topological polar surface area (TPSA) is 152 Å². The molecule has 1 aromatic heterocycles. The summed E-state index contributed by atoms with van der Waals surface area (Å²) in [6.45, 7) is -0.501. The molecule has 0 saturated carbocycles. The summed E-state index contributed by atoms with van der Waals surface area (Å²) in [5.74, 6) is -2.55. The Labute approximate surface area is 169 Å². The predicted octanol–water partition coefficient (Wildman–Crippen LogP) is 1.71. The average Bonchev–Trinajstić information content (AvgIpc) is 3.31. The second-order valence-electron chi connectivity index (χ2n) is 6.29. The zero-order valence-electron chi connectivity index (χ0n) is 15.5. The van der Waals surface area contributed by atoms with Crippen LogP contribution in [0.3, 0.4) is 0 Å². The number of amides is 1. The van der Waals surface area contributed by atoms with E-state index < -0.39 is 36.9 Å². The molecule has 1 aromatic carbocycles. The van der Waals surface area contributed by atoms with E-state index in [0.717, 1.165) is 0 Å². The Hall–Kier alpha value is -4.08. The molecule has 1 aliphatic heterocycles. The Morgan fingerprint density at radius 2 is 2.00 bits per heavy atom. The summed E-state index contributed by atoms with van der Waals surface area (Å²) in [7, 11) is 0. The third kappa shape index (κ3) is 5.04. The van der Waals surface area contributed by atoms with Crippen molar-refractivity contribution < 1.29 is 43.3 Å². The van der Waals surface area contributed by atoms with E-state index >= 15 is 0 Å². The number of rotatable bonds is 9. The van der Waals surface area contributed by atoms with Crippen molar-refractivity contribution in [2.45, 2.75) is 18.9 Å². The molecule has 30 heavy (non-hydrogen) atoms. The maximum atomic E-state index is 12.4. The van der Waals surface area contributed by atoms with Crippen molar-refractivity contribution in [1.29, 1.82) is 0 Å². The van der Waals surface area contributed by atoms with Gasteiger partial charge in [0.25, 0.3) is 5.91 Å². The molecule has 3 rings (SSSR count). The van der Waals surface area contributed by atoms with Crippen LogP contribution in [0.15, 0.2) is 46.8 Å². The number of hydrogen-bond acceptors (Lipinski definition) is 7. The van der Waals surface area contributed by atoms with Crippen LogP contribution in [0.1, 0.15) is 29.0 Å². The molecule has 1 unspecified atom stereocenters. The van der Waals surface area contributed by atoms with Crippen LogP contribution in [0.4, 0.5) is 0 Å². The van der Waals surface area contributed by atoms with Gasteiger partial charge in [0.1, 0.15) is 23.3 Å². The molecule has 0 aliphatic carbocycles. The van der Waals surface area contributed by atoms with Crippen LogP contribution in [-0.4, -0.2) is 46.5 Å². The minimum absolute atomic E-state index is 0.0811. The normalized spacial score (nSPS) is 14.7. The Kier molecular flexibility index (Phi) is 6.16. The van der Waals surface area contributed by atoms with Crippen LogP contribution >= 0.6 is 0 Å². The molecule has 10 nitrogen and oxygen atoms in total. The molecule has 1 amide bonds. The van der Waals surface area contributed by atoms with Gasteiger partial charge in [-0.25, -0.2) is 4.79 Å². The van der Waals surface area contributed by atoms with Crippen molar-refractivity contribution in [2.75, 3.05) is 6.61 Å². The molecule has 3 N–H and O–H groups in total. The Bertz CT molecular complexity index is 1010. The van der Waals surface area contributed by atoms with E-state index in [1.54, 1.807) is 12.1 Å². The largest absolute Gasteiger partial charge is 0.484 e. The number of benzene rings is 1. The summed E-state index contributed by atoms with van der Waals surface area (Å²) < 4.78 is 16.0. The average molecular weight is 415 g/mol. The quantitative estimate of drug-likeness (QED) is 0.520. The molecule has 0 spiro atoms. The lowest BCUT2D eigenvalue weighted by molar-refractivity contribution is -0.143. The monoisotopic (exact) mass is 415 g/mol. The van der Waals surface area contributed by atoms with Crippen molar-refractivity contribution in [3.05, 3.63) is 53.7 Å². The van der Waals surface area contributed by atoms with Crippen LogP contribution in [-0.2, 0) is 14.4 Å². The first kappa shape index (κ1) is 20.6. The second kappa shape index (κ2) is 8.95. The summed E-state index contributed by atoms with van der Waals surface area (Å²) in [5.41, 5.74) is 0.323. The fourth-order valence-corrected chi connectivity index (χ4v) is 2.67. The first-order valence-electron chi connectivity index (χ1n) is 8.82. The number of allylic oxidation sites excluding steroid dienone is 1. The summed E-state index contributed by atoms with van der Waals surface area (Å²) in [6.07, 6.45) is 2.27. The molecular weight excluding hydrogens is 398 g/mol. The van der Waals surface area contributed by atoms with Gasteiger partial charge in [0, 0.05) is 18.6 Å². The highest BCUT2D eigenvalue weighted by Gasteiger charge is 2.28. The number of furan rings is 1. The molecule has 156 valence electrons. The van der Waals surface area contributed by atoms with Gasteiger partial charge in [0.15, 0.2) is 12.4 Å². The first-order valence-corrected chi connectivity index (χ1v) is 8.82. The maximum Gasteiger partial charge on any atom is 0.326 e. The number of ether oxygens (including phenoxy) is 2. The van der Waals surface area contributed by atoms with Crippen molar-refractivity contribution in [3.63, 3.8) is 0 Å². The summed E-state index contributed by atoms with van der Waals surface area (Å²) >= 11 is 0. The number of carboxylic acids is 2. The number of carbonyl (C=O) groups excluding carboxylic acids is 2. The third-order valence-corrected chi connectivity index (χ3v) is 4.11. The highest BCUT2D eigenvalue weighted by Crippen LogP contribution is 2.34. The van der Waals surface area contributed by atoms with Gasteiger partial charge < -0.3 is 29.4 Å². The van der Waals surface area contributed by atoms with E-state index in [1.165, 1.54) is 30.5 Å². The van der Waals surface area contributed by atoms with Gasteiger partial charge in [-0.1, -0.05) is 0 Å². The molecule has 0 radical (unpaired) electrons. The minimum Gasteiger partial charge on any atom is -0.484 e. The summed E-state index contributed by atoms with van der Waals surface area (Å²) in [4.78, 5) is 46.0. The lowest BCUT2D eigenvalue weighted by atomic mass is 10.1. The highest BCUT2D eigenvalue weighted by molar-refractivity contribution is 6.14. The molecule has 1 aliphatic rings. The van der Waals surface area contributed by atoms with Crippen LogP contribution in [0.25, 0.3) is 6.08 Å². The van der Waals surface area contributed by atoms with E-state index in [0.29, 0.717) is 11.3 Å². The number of carboxylic acid groups (broad SMARTS) is 2. The van der Waals surface area contributed by atoms with E-state index in [2.05, 4.69) is 5.32 Å². The SMILES string of the molecule is O=C(O)CCC(NC(=O)COc1ccc2c(c1)OC(=Cc1ccco1)C2=O)C(=O)O. The zero-order valence-corrected chi connectivity index (χ0v) is 15.5. The lowest BCUT2D eigenvalue weighted by Gasteiger charge is -2.14. The van der Waals surface area contributed by atoms with Gasteiger partial charge in [0.2, 0.25) is 5.78 Å². The number of hydrogen-bond donors (Lipinski definition) is 3. The van der Waals surface area contributed by atoms with Crippen molar-refractivity contribution >= 4 is 29.7 Å². The minimum atomic E-state index is -1.34. The number of ketones is 1. The van der Waals surface area contributed by atoms with Crippen LogP contribution in [0.2, 0.25) is 0 Å². The number of Topliss-reactive ketones (excluding diaryl/α,β-unsaturated/α-hetero) is 1. The van der Waals surface area contributed by atoms with E-state index in [1.807, 2.05) is 0 Å². The van der Waals surface area contributed by atoms with Crippen molar-refractivity contribution in [1.82, 2.24) is 5.32 Å². The second-order valence-corrected chi connectivity index (χ2v) is 6.29. The fraction of sp³-hybridized carbons (Fsp3) is 0.200. The summed E-state index contributed by atoms with van der Waals surface area (Å²) in [6, 6.07) is 6.39. The first-order chi connectivity index (χ1) is 14.3. The molecule has 0 saturated heterocycles. The fourth-order valence-electron chi connectivity index (χ4n) is 2.67. The summed E-state index contributed by atoms with van der Waals surface area (Å²) in [5, 5.41) is 19.9. The number of fused-ring (bicyclic) bond motifs is 1.